The third-order valence-corrected chi connectivity index (χ3v) is 5.62. The molecule has 0 radical (unpaired) electrons. The van der Waals surface area contributed by atoms with E-state index in [9.17, 15) is 14.4 Å². The van der Waals surface area contributed by atoms with E-state index in [-0.39, 0.29) is 6.61 Å². The predicted molar refractivity (Wildman–Crippen MR) is 115 cm³/mol. The van der Waals surface area contributed by atoms with Crippen molar-refractivity contribution in [3.05, 3.63) is 70.7 Å². The standard InChI is InChI=1S/C22H19N3O5S/c1-13(25-19(26)17-5-3-4-6-18(17)20(25)27)21(28)30-11-15-12-31-22(24-15)23-14-7-9-16(29-2)10-8-14/h3-10,12-13H,11H2,1-2H3,(H,23,24). The molecular formula is C22H19N3O5S. The number of carbonyl (C=O) groups is 3. The van der Waals surface area contributed by atoms with Gasteiger partial charge in [-0.2, -0.15) is 0 Å². The lowest BCUT2D eigenvalue weighted by molar-refractivity contribution is -0.149. The van der Waals surface area contributed by atoms with Gasteiger partial charge in [-0.25, -0.2) is 9.78 Å². The third-order valence-electron chi connectivity index (χ3n) is 4.81. The molecular weight excluding hydrogens is 418 g/mol. The van der Waals surface area contributed by atoms with Crippen molar-refractivity contribution >= 4 is 39.9 Å². The lowest BCUT2D eigenvalue weighted by Gasteiger charge is -2.20. The average molecular weight is 437 g/mol. The first-order valence-corrected chi connectivity index (χ1v) is 10.3. The maximum atomic E-state index is 12.5. The van der Waals surface area contributed by atoms with Crippen molar-refractivity contribution in [2.24, 2.45) is 0 Å². The summed E-state index contributed by atoms with van der Waals surface area (Å²) in [6.45, 7) is 1.41. The van der Waals surface area contributed by atoms with Gasteiger partial charge in [-0.1, -0.05) is 12.1 Å². The number of rotatable bonds is 7. The molecule has 0 bridgehead atoms. The number of fused-ring (bicyclic) bond motifs is 1. The number of carbonyl (C=O) groups excluding carboxylic acids is 3. The number of benzene rings is 2. The molecule has 0 fully saturated rings. The Bertz CT molecular complexity index is 1110. The van der Waals surface area contributed by atoms with Gasteiger partial charge in [0.25, 0.3) is 11.8 Å². The molecule has 2 heterocycles. The second kappa shape index (κ2) is 8.57. The van der Waals surface area contributed by atoms with Crippen LogP contribution in [0.4, 0.5) is 10.8 Å². The molecule has 8 nitrogen and oxygen atoms in total. The van der Waals surface area contributed by atoms with E-state index in [1.807, 2.05) is 24.3 Å². The SMILES string of the molecule is COc1ccc(Nc2nc(COC(=O)C(C)N3C(=O)c4ccccc4C3=O)cs2)cc1. The van der Waals surface area contributed by atoms with Crippen molar-refractivity contribution in [3.8, 4) is 5.75 Å². The highest BCUT2D eigenvalue weighted by Crippen LogP contribution is 2.26. The summed E-state index contributed by atoms with van der Waals surface area (Å²) < 4.78 is 10.4. The van der Waals surface area contributed by atoms with E-state index in [2.05, 4.69) is 10.3 Å². The van der Waals surface area contributed by atoms with Crippen LogP contribution in [-0.4, -0.2) is 40.8 Å². The first-order valence-electron chi connectivity index (χ1n) is 9.47. The molecule has 4 rings (SSSR count). The molecule has 158 valence electrons. The fourth-order valence-corrected chi connectivity index (χ4v) is 3.87. The number of aromatic nitrogens is 1. The first-order chi connectivity index (χ1) is 15.0. The van der Waals surface area contributed by atoms with E-state index in [4.69, 9.17) is 9.47 Å². The molecule has 2 amide bonds. The molecule has 3 aromatic rings. The zero-order valence-electron chi connectivity index (χ0n) is 16.8. The van der Waals surface area contributed by atoms with Crippen molar-refractivity contribution in [2.45, 2.75) is 19.6 Å². The number of amides is 2. The van der Waals surface area contributed by atoms with Gasteiger partial charge in [-0.05, 0) is 43.3 Å². The average Bonchev–Trinajstić information content (AvgIpc) is 3.34. The van der Waals surface area contributed by atoms with Crippen LogP contribution in [0.1, 0.15) is 33.3 Å². The smallest absolute Gasteiger partial charge is 0.329 e. The summed E-state index contributed by atoms with van der Waals surface area (Å²) in [5, 5.41) is 5.58. The summed E-state index contributed by atoms with van der Waals surface area (Å²) in [7, 11) is 1.60. The maximum Gasteiger partial charge on any atom is 0.329 e. The van der Waals surface area contributed by atoms with Gasteiger partial charge in [0.05, 0.1) is 23.9 Å². The van der Waals surface area contributed by atoms with E-state index in [0.29, 0.717) is 22.0 Å². The quantitative estimate of drug-likeness (QED) is 0.445. The van der Waals surface area contributed by atoms with E-state index in [0.717, 1.165) is 16.3 Å². The summed E-state index contributed by atoms with van der Waals surface area (Å²) in [4.78, 5) is 42.8. The number of ether oxygens (including phenoxy) is 2. The third kappa shape index (κ3) is 4.13. The summed E-state index contributed by atoms with van der Waals surface area (Å²) in [6, 6.07) is 12.8. The summed E-state index contributed by atoms with van der Waals surface area (Å²) >= 11 is 1.37. The lowest BCUT2D eigenvalue weighted by Crippen LogP contribution is -2.43. The van der Waals surface area contributed by atoms with Crippen LogP contribution in [0.2, 0.25) is 0 Å². The van der Waals surface area contributed by atoms with Gasteiger partial charge in [-0.15, -0.1) is 11.3 Å². The number of nitrogens with zero attached hydrogens (tertiary/aromatic N) is 2. The molecule has 0 aliphatic carbocycles. The summed E-state index contributed by atoms with van der Waals surface area (Å²) in [5.74, 6) is -0.911. The molecule has 1 aliphatic heterocycles. The maximum absolute atomic E-state index is 12.5. The molecule has 0 saturated carbocycles. The summed E-state index contributed by atoms with van der Waals surface area (Å²) in [6.07, 6.45) is 0. The zero-order valence-corrected chi connectivity index (χ0v) is 17.6. The number of hydrogen-bond acceptors (Lipinski definition) is 8. The predicted octanol–water partition coefficient (Wildman–Crippen LogP) is 3.62. The highest BCUT2D eigenvalue weighted by atomic mass is 32.1. The molecule has 31 heavy (non-hydrogen) atoms. The van der Waals surface area contributed by atoms with Gasteiger partial charge in [0.2, 0.25) is 0 Å². The molecule has 1 N–H and O–H groups in total. The van der Waals surface area contributed by atoms with E-state index < -0.39 is 23.8 Å². The number of methoxy groups -OCH3 is 1. The van der Waals surface area contributed by atoms with Gasteiger partial charge in [-0.3, -0.25) is 14.5 Å². The zero-order chi connectivity index (χ0) is 22.0. The summed E-state index contributed by atoms with van der Waals surface area (Å²) in [5.41, 5.74) is 1.99. The van der Waals surface area contributed by atoms with Gasteiger partial charge in [0, 0.05) is 11.1 Å². The van der Waals surface area contributed by atoms with Crippen LogP contribution < -0.4 is 10.1 Å². The van der Waals surface area contributed by atoms with Crippen molar-refractivity contribution < 1.29 is 23.9 Å². The Kier molecular flexibility index (Phi) is 5.68. The molecule has 1 aliphatic rings. The van der Waals surface area contributed by atoms with Gasteiger partial charge in [0.15, 0.2) is 5.13 Å². The van der Waals surface area contributed by atoms with Gasteiger partial charge in [0.1, 0.15) is 18.4 Å². The molecule has 9 heteroatoms. The molecule has 0 spiro atoms. The second-order valence-corrected chi connectivity index (χ2v) is 7.67. The van der Waals surface area contributed by atoms with Crippen LogP contribution in [0.5, 0.6) is 5.75 Å². The van der Waals surface area contributed by atoms with Crippen LogP contribution in [0.25, 0.3) is 0 Å². The Morgan fingerprint density at radius 2 is 1.74 bits per heavy atom. The molecule has 2 aromatic carbocycles. The number of hydrogen-bond donors (Lipinski definition) is 1. The second-order valence-electron chi connectivity index (χ2n) is 6.81. The van der Waals surface area contributed by atoms with Crippen molar-refractivity contribution in [2.75, 3.05) is 12.4 Å². The fraction of sp³-hybridized carbons (Fsp3) is 0.182. The minimum atomic E-state index is -1.04. The van der Waals surface area contributed by atoms with Crippen LogP contribution in [0.3, 0.4) is 0 Å². The highest BCUT2D eigenvalue weighted by molar-refractivity contribution is 7.13. The fourth-order valence-electron chi connectivity index (χ4n) is 3.16. The minimum Gasteiger partial charge on any atom is -0.497 e. The van der Waals surface area contributed by atoms with Crippen LogP contribution >= 0.6 is 11.3 Å². The number of imide groups is 1. The molecule has 1 unspecified atom stereocenters. The van der Waals surface area contributed by atoms with E-state index in [1.165, 1.54) is 18.3 Å². The van der Waals surface area contributed by atoms with Crippen molar-refractivity contribution in [3.63, 3.8) is 0 Å². The van der Waals surface area contributed by atoms with Gasteiger partial charge >= 0.3 is 5.97 Å². The van der Waals surface area contributed by atoms with Crippen LogP contribution in [0.15, 0.2) is 53.9 Å². The normalized spacial score (nSPS) is 13.7. The Labute approximate surface area is 182 Å². The highest BCUT2D eigenvalue weighted by Gasteiger charge is 2.41. The topological polar surface area (TPSA) is 97.8 Å². The molecule has 1 atom stereocenters. The molecule has 1 aromatic heterocycles. The van der Waals surface area contributed by atoms with Gasteiger partial charge < -0.3 is 14.8 Å². The lowest BCUT2D eigenvalue weighted by atomic mass is 10.1. The number of thiazole rings is 1. The van der Waals surface area contributed by atoms with E-state index >= 15 is 0 Å². The van der Waals surface area contributed by atoms with Crippen LogP contribution in [-0.2, 0) is 16.1 Å². The van der Waals surface area contributed by atoms with Crippen molar-refractivity contribution in [1.29, 1.82) is 0 Å². The Morgan fingerprint density at radius 1 is 1.10 bits per heavy atom. The Hall–Kier alpha value is -3.72. The first kappa shape index (κ1) is 20.5. The van der Waals surface area contributed by atoms with Crippen LogP contribution in [0, 0.1) is 0 Å². The number of esters is 1. The Morgan fingerprint density at radius 3 is 2.35 bits per heavy atom. The number of anilines is 2. The van der Waals surface area contributed by atoms with E-state index in [1.54, 1.807) is 36.8 Å². The van der Waals surface area contributed by atoms with Crippen molar-refractivity contribution in [1.82, 2.24) is 9.88 Å². The molecule has 0 saturated heterocycles. The minimum absolute atomic E-state index is 0.0624. The monoisotopic (exact) mass is 437 g/mol. The Balaban J connectivity index is 1.35. The number of nitrogens with one attached hydrogen (secondary N) is 1. The largest absolute Gasteiger partial charge is 0.497 e.